The van der Waals surface area contributed by atoms with Crippen molar-refractivity contribution in [3.63, 3.8) is 0 Å². The molecule has 31 heavy (non-hydrogen) atoms. The Labute approximate surface area is 185 Å². The van der Waals surface area contributed by atoms with E-state index in [1.807, 2.05) is 36.6 Å². The minimum absolute atomic E-state index is 0.0938. The van der Waals surface area contributed by atoms with Crippen molar-refractivity contribution in [3.05, 3.63) is 71.0 Å². The summed E-state index contributed by atoms with van der Waals surface area (Å²) >= 11 is 1.49. The van der Waals surface area contributed by atoms with E-state index in [2.05, 4.69) is 4.98 Å². The van der Waals surface area contributed by atoms with Gasteiger partial charge in [0.15, 0.2) is 0 Å². The summed E-state index contributed by atoms with van der Waals surface area (Å²) < 4.78 is 40.6. The molecular formula is C22H22FN3O3S2. The van der Waals surface area contributed by atoms with Crippen LogP contribution in [0.2, 0.25) is 0 Å². The monoisotopic (exact) mass is 459 g/mol. The number of piperazine rings is 1. The lowest BCUT2D eigenvalue weighted by molar-refractivity contribution is -0.131. The molecule has 0 aliphatic carbocycles. The average Bonchev–Trinajstić information content (AvgIpc) is 3.23. The number of rotatable bonds is 5. The molecule has 162 valence electrons. The van der Waals surface area contributed by atoms with Gasteiger partial charge in [-0.05, 0) is 19.1 Å². The van der Waals surface area contributed by atoms with E-state index in [9.17, 15) is 17.6 Å². The molecule has 0 spiro atoms. The maximum absolute atomic E-state index is 14.0. The van der Waals surface area contributed by atoms with Gasteiger partial charge in [-0.3, -0.25) is 4.79 Å². The van der Waals surface area contributed by atoms with E-state index in [0.717, 1.165) is 16.6 Å². The third kappa shape index (κ3) is 4.68. The predicted molar refractivity (Wildman–Crippen MR) is 118 cm³/mol. The van der Waals surface area contributed by atoms with Gasteiger partial charge >= 0.3 is 0 Å². The molecular weight excluding hydrogens is 437 g/mol. The van der Waals surface area contributed by atoms with Crippen molar-refractivity contribution in [1.82, 2.24) is 14.2 Å². The molecule has 1 amide bonds. The lowest BCUT2D eigenvalue weighted by atomic mass is 10.2. The number of carbonyl (C=O) groups excluding carboxylic acids is 1. The van der Waals surface area contributed by atoms with Gasteiger partial charge in [-0.2, -0.15) is 4.31 Å². The number of amides is 1. The molecule has 0 unspecified atom stereocenters. The van der Waals surface area contributed by atoms with Crippen LogP contribution >= 0.6 is 11.3 Å². The Kier molecular flexibility index (Phi) is 6.17. The van der Waals surface area contributed by atoms with Crippen molar-refractivity contribution in [2.75, 3.05) is 26.2 Å². The van der Waals surface area contributed by atoms with Crippen molar-refractivity contribution >= 4 is 27.3 Å². The van der Waals surface area contributed by atoms with E-state index in [0.29, 0.717) is 5.69 Å². The predicted octanol–water partition coefficient (Wildman–Crippen LogP) is 3.33. The summed E-state index contributed by atoms with van der Waals surface area (Å²) in [5.74, 6) is -0.863. The highest BCUT2D eigenvalue weighted by molar-refractivity contribution is 7.89. The Hall–Kier alpha value is -2.62. The second-order valence-corrected chi connectivity index (χ2v) is 10.2. The van der Waals surface area contributed by atoms with Crippen molar-refractivity contribution in [2.24, 2.45) is 0 Å². The van der Waals surface area contributed by atoms with Crippen LogP contribution in [0.1, 0.15) is 11.3 Å². The van der Waals surface area contributed by atoms with Gasteiger partial charge in [0.1, 0.15) is 15.7 Å². The van der Waals surface area contributed by atoms with E-state index >= 15 is 0 Å². The molecule has 0 saturated carbocycles. The van der Waals surface area contributed by atoms with Crippen LogP contribution in [0, 0.1) is 12.7 Å². The standard InChI is InChI=1S/C22H22FN3O3S2/c1-16-6-8-17(9-7-16)22-24-18(15-30-22)14-21(27)25-10-12-26(13-11-25)31(28,29)20-5-3-2-4-19(20)23/h2-9,15H,10-14H2,1H3. The number of benzene rings is 2. The Morgan fingerprint density at radius 3 is 2.42 bits per heavy atom. The molecule has 1 fully saturated rings. The summed E-state index contributed by atoms with van der Waals surface area (Å²) in [6, 6.07) is 13.4. The summed E-state index contributed by atoms with van der Waals surface area (Å²) in [6.07, 6.45) is 0.169. The number of nitrogens with zero attached hydrogens (tertiary/aromatic N) is 3. The van der Waals surface area contributed by atoms with Gasteiger partial charge in [0.2, 0.25) is 15.9 Å². The highest BCUT2D eigenvalue weighted by Crippen LogP contribution is 2.25. The number of aromatic nitrogens is 1. The van der Waals surface area contributed by atoms with Crippen LogP contribution in [0.5, 0.6) is 0 Å². The molecule has 0 atom stereocenters. The largest absolute Gasteiger partial charge is 0.340 e. The van der Waals surface area contributed by atoms with Crippen LogP contribution in [-0.4, -0.2) is 54.7 Å². The molecule has 2 aromatic carbocycles. The Balaban J connectivity index is 1.37. The zero-order valence-corrected chi connectivity index (χ0v) is 18.6. The second kappa shape index (κ2) is 8.86. The van der Waals surface area contributed by atoms with Gasteiger partial charge in [0, 0.05) is 37.1 Å². The van der Waals surface area contributed by atoms with Crippen LogP contribution in [0.3, 0.4) is 0 Å². The first-order valence-corrected chi connectivity index (χ1v) is 12.2. The van der Waals surface area contributed by atoms with Crippen LogP contribution in [0.4, 0.5) is 4.39 Å². The number of thiazole rings is 1. The molecule has 4 rings (SSSR count). The first-order chi connectivity index (χ1) is 14.8. The summed E-state index contributed by atoms with van der Waals surface area (Å²) in [7, 11) is -3.92. The van der Waals surface area contributed by atoms with Crippen LogP contribution in [0.15, 0.2) is 58.8 Å². The lowest BCUT2D eigenvalue weighted by Gasteiger charge is -2.34. The second-order valence-electron chi connectivity index (χ2n) is 7.40. The molecule has 9 heteroatoms. The molecule has 0 bridgehead atoms. The molecule has 0 radical (unpaired) electrons. The van der Waals surface area contributed by atoms with Gasteiger partial charge in [-0.25, -0.2) is 17.8 Å². The van der Waals surface area contributed by atoms with Crippen LogP contribution in [0.25, 0.3) is 10.6 Å². The Bertz CT molecular complexity index is 1180. The number of sulfonamides is 1. The van der Waals surface area contributed by atoms with Gasteiger partial charge in [-0.1, -0.05) is 42.0 Å². The fraction of sp³-hybridized carbons (Fsp3) is 0.273. The highest BCUT2D eigenvalue weighted by atomic mass is 32.2. The van der Waals surface area contributed by atoms with Crippen molar-refractivity contribution in [2.45, 2.75) is 18.2 Å². The maximum atomic E-state index is 14.0. The quantitative estimate of drug-likeness (QED) is 0.587. The molecule has 2 heterocycles. The van der Waals surface area contributed by atoms with Gasteiger partial charge < -0.3 is 4.90 Å². The van der Waals surface area contributed by atoms with E-state index in [1.54, 1.807) is 4.90 Å². The van der Waals surface area contributed by atoms with Gasteiger partial charge in [-0.15, -0.1) is 11.3 Å². The van der Waals surface area contributed by atoms with Crippen molar-refractivity contribution in [1.29, 1.82) is 0 Å². The summed E-state index contributed by atoms with van der Waals surface area (Å²) in [6.45, 7) is 2.82. The number of aryl methyl sites for hydroxylation is 1. The topological polar surface area (TPSA) is 70.6 Å². The smallest absolute Gasteiger partial charge is 0.246 e. The average molecular weight is 460 g/mol. The molecule has 1 aliphatic rings. The first-order valence-electron chi connectivity index (χ1n) is 9.88. The van der Waals surface area contributed by atoms with Gasteiger partial charge in [0.25, 0.3) is 0 Å². The summed E-state index contributed by atoms with van der Waals surface area (Å²) in [4.78, 5) is 18.6. The van der Waals surface area contributed by atoms with Crippen molar-refractivity contribution in [3.8, 4) is 10.6 Å². The third-order valence-electron chi connectivity index (χ3n) is 5.23. The molecule has 0 N–H and O–H groups in total. The molecule has 6 nitrogen and oxygen atoms in total. The maximum Gasteiger partial charge on any atom is 0.246 e. The number of halogens is 1. The number of hydrogen-bond acceptors (Lipinski definition) is 5. The third-order valence-corrected chi connectivity index (χ3v) is 8.10. The highest BCUT2D eigenvalue weighted by Gasteiger charge is 2.31. The summed E-state index contributed by atoms with van der Waals surface area (Å²) in [5, 5.41) is 2.75. The van der Waals surface area contributed by atoms with Crippen LogP contribution in [-0.2, 0) is 21.2 Å². The Morgan fingerprint density at radius 1 is 1.06 bits per heavy atom. The number of carbonyl (C=O) groups is 1. The van der Waals surface area contributed by atoms with Crippen LogP contribution < -0.4 is 0 Å². The molecule has 1 aromatic heterocycles. The first kappa shape index (κ1) is 21.6. The SMILES string of the molecule is Cc1ccc(-c2nc(CC(=O)N3CCN(S(=O)(=O)c4ccccc4F)CC3)cs2)cc1. The van der Waals surface area contributed by atoms with Crippen molar-refractivity contribution < 1.29 is 17.6 Å². The molecule has 3 aromatic rings. The fourth-order valence-corrected chi connectivity index (χ4v) is 5.77. The normalized spacial score (nSPS) is 15.2. The Morgan fingerprint density at radius 2 is 1.74 bits per heavy atom. The van der Waals surface area contributed by atoms with Gasteiger partial charge in [0.05, 0.1) is 12.1 Å². The number of hydrogen-bond donors (Lipinski definition) is 0. The minimum Gasteiger partial charge on any atom is -0.340 e. The van der Waals surface area contributed by atoms with E-state index in [1.165, 1.54) is 39.4 Å². The minimum atomic E-state index is -3.92. The van der Waals surface area contributed by atoms with E-state index in [-0.39, 0.29) is 43.4 Å². The summed E-state index contributed by atoms with van der Waals surface area (Å²) in [5.41, 5.74) is 2.89. The zero-order valence-electron chi connectivity index (χ0n) is 17.0. The van der Waals surface area contributed by atoms with E-state index in [4.69, 9.17) is 0 Å². The lowest BCUT2D eigenvalue weighted by Crippen LogP contribution is -2.51. The van der Waals surface area contributed by atoms with E-state index < -0.39 is 15.8 Å². The fourth-order valence-electron chi connectivity index (χ4n) is 3.45. The molecule has 1 aliphatic heterocycles. The zero-order chi connectivity index (χ0) is 22.0. The molecule has 1 saturated heterocycles.